The smallest absolute Gasteiger partial charge is 0.408 e. The van der Waals surface area contributed by atoms with Crippen molar-refractivity contribution in [1.82, 2.24) is 5.32 Å². The lowest BCUT2D eigenvalue weighted by atomic mass is 10.2. The van der Waals surface area contributed by atoms with Crippen LogP contribution < -0.4 is 5.32 Å². The minimum Gasteiger partial charge on any atom is -0.444 e. The monoisotopic (exact) mass is 361 g/mol. The predicted octanol–water partition coefficient (Wildman–Crippen LogP) is 4.20. The van der Waals surface area contributed by atoms with Crippen molar-refractivity contribution in [1.29, 1.82) is 0 Å². The van der Waals surface area contributed by atoms with Crippen LogP contribution in [0.2, 0.25) is 16.6 Å². The van der Waals surface area contributed by atoms with Crippen molar-refractivity contribution >= 4 is 20.4 Å². The molecule has 24 heavy (non-hydrogen) atoms. The Morgan fingerprint density at radius 3 is 1.79 bits per heavy atom. The van der Waals surface area contributed by atoms with E-state index in [9.17, 15) is 9.59 Å². The fourth-order valence-electron chi connectivity index (χ4n) is 3.21. The molecule has 7 heteroatoms. The number of carbonyl (C=O) groups is 2. The van der Waals surface area contributed by atoms with Crippen LogP contribution in [0.15, 0.2) is 0 Å². The Hall–Kier alpha value is -1.08. The Bertz CT molecular complexity index is 394. The van der Waals surface area contributed by atoms with Crippen LogP contribution in [0.25, 0.3) is 0 Å². The van der Waals surface area contributed by atoms with E-state index in [1.54, 1.807) is 20.8 Å². The summed E-state index contributed by atoms with van der Waals surface area (Å²) in [6.07, 6.45) is -0.643. The molecule has 1 amide bonds. The van der Waals surface area contributed by atoms with Crippen LogP contribution in [0.3, 0.4) is 0 Å². The first kappa shape index (κ1) is 22.9. The van der Waals surface area contributed by atoms with Gasteiger partial charge in [0.05, 0.1) is 0 Å². The fourth-order valence-corrected chi connectivity index (χ4v) is 8.47. The maximum atomic E-state index is 11.8. The highest BCUT2D eigenvalue weighted by molar-refractivity contribution is 6.77. The number of ether oxygens (including phenoxy) is 2. The van der Waals surface area contributed by atoms with E-state index in [4.69, 9.17) is 13.9 Å². The van der Waals surface area contributed by atoms with Gasteiger partial charge in [0.1, 0.15) is 12.1 Å². The van der Waals surface area contributed by atoms with Crippen molar-refractivity contribution < 1.29 is 23.5 Å². The zero-order valence-corrected chi connectivity index (χ0v) is 17.7. The van der Waals surface area contributed by atoms with Gasteiger partial charge in [-0.2, -0.15) is 0 Å². The molecule has 6 nitrogen and oxygen atoms in total. The molecule has 0 aromatic heterocycles. The van der Waals surface area contributed by atoms with Crippen LogP contribution >= 0.6 is 0 Å². The Morgan fingerprint density at radius 1 is 0.958 bits per heavy atom. The second-order valence-corrected chi connectivity index (χ2v) is 13.4. The lowest BCUT2D eigenvalue weighted by Crippen LogP contribution is -2.48. The van der Waals surface area contributed by atoms with Crippen LogP contribution in [0.5, 0.6) is 0 Å². The average molecular weight is 362 g/mol. The van der Waals surface area contributed by atoms with Gasteiger partial charge in [-0.05, 0) is 37.4 Å². The molecule has 0 aromatic rings. The second kappa shape index (κ2) is 9.41. The maximum Gasteiger partial charge on any atom is 0.408 e. The molecule has 0 saturated carbocycles. The van der Waals surface area contributed by atoms with Crippen LogP contribution in [0.4, 0.5) is 4.79 Å². The number of hydrogen-bond acceptors (Lipinski definition) is 5. The van der Waals surface area contributed by atoms with Crippen molar-refractivity contribution in [3.8, 4) is 0 Å². The molecule has 0 radical (unpaired) electrons. The molecule has 0 aliphatic carbocycles. The summed E-state index contributed by atoms with van der Waals surface area (Å²) in [5, 5.41) is 2.37. The summed E-state index contributed by atoms with van der Waals surface area (Å²) < 4.78 is 16.3. The van der Waals surface area contributed by atoms with Crippen LogP contribution in [0, 0.1) is 0 Å². The Kier molecular flexibility index (Phi) is 8.99. The third kappa shape index (κ3) is 7.21. The zero-order chi connectivity index (χ0) is 19.1. The van der Waals surface area contributed by atoms with Gasteiger partial charge < -0.3 is 19.2 Å². The van der Waals surface area contributed by atoms with Crippen LogP contribution in [0.1, 0.15) is 62.3 Å². The van der Waals surface area contributed by atoms with Crippen molar-refractivity contribution in [3.63, 3.8) is 0 Å². The van der Waals surface area contributed by atoms with Crippen molar-refractivity contribution in [3.05, 3.63) is 0 Å². The van der Waals surface area contributed by atoms with Gasteiger partial charge in [0.25, 0.3) is 0 Å². The fraction of sp³-hybridized carbons (Fsp3) is 0.882. The number of hydrogen-bond donors (Lipinski definition) is 1. The molecule has 0 bridgehead atoms. The summed E-state index contributed by atoms with van der Waals surface area (Å²) in [7, 11) is -2.06. The molecule has 0 aliphatic heterocycles. The largest absolute Gasteiger partial charge is 0.444 e. The normalized spacial score (nSPS) is 12.7. The number of amides is 1. The van der Waals surface area contributed by atoms with Crippen LogP contribution in [-0.2, 0) is 18.7 Å². The molecular weight excluding hydrogens is 326 g/mol. The highest BCUT2D eigenvalue weighted by Crippen LogP contribution is 2.42. The molecule has 0 unspecified atom stereocenters. The molecule has 0 aromatic carbocycles. The van der Waals surface area contributed by atoms with E-state index in [2.05, 4.69) is 46.9 Å². The minimum atomic E-state index is -2.06. The van der Waals surface area contributed by atoms with Crippen molar-refractivity contribution in [2.75, 3.05) is 13.3 Å². The first-order chi connectivity index (χ1) is 10.8. The highest BCUT2D eigenvalue weighted by Gasteiger charge is 2.45. The third-order valence-electron chi connectivity index (χ3n) is 4.01. The molecule has 0 rings (SSSR count). The van der Waals surface area contributed by atoms with E-state index in [1.807, 2.05) is 0 Å². The van der Waals surface area contributed by atoms with Gasteiger partial charge in [-0.15, -0.1) is 0 Å². The lowest BCUT2D eigenvalue weighted by Gasteiger charge is -2.41. The second-order valence-electron chi connectivity index (χ2n) is 7.95. The van der Waals surface area contributed by atoms with E-state index in [0.29, 0.717) is 16.6 Å². The SMILES string of the molecule is CC(C)[Si](OCOC(=O)CNC(=O)OC(C)(C)C)(C(C)C)C(C)C. The summed E-state index contributed by atoms with van der Waals surface area (Å²) in [5.74, 6) is -0.542. The number of carbonyl (C=O) groups excluding carboxylic acids is 2. The zero-order valence-electron chi connectivity index (χ0n) is 16.7. The van der Waals surface area contributed by atoms with Gasteiger partial charge >= 0.3 is 12.1 Å². The predicted molar refractivity (Wildman–Crippen MR) is 97.3 cm³/mol. The maximum absolute atomic E-state index is 11.8. The Labute approximate surface area is 147 Å². The summed E-state index contributed by atoms with van der Waals surface area (Å²) in [6.45, 7) is 17.9. The molecule has 0 atom stereocenters. The first-order valence-electron chi connectivity index (χ1n) is 8.59. The summed E-state index contributed by atoms with van der Waals surface area (Å²) >= 11 is 0. The van der Waals surface area contributed by atoms with Crippen molar-refractivity contribution in [2.45, 2.75) is 84.5 Å². The molecule has 0 aliphatic rings. The van der Waals surface area contributed by atoms with Gasteiger partial charge in [0, 0.05) is 0 Å². The summed E-state index contributed by atoms with van der Waals surface area (Å²) in [5.41, 5.74) is 0.636. The van der Waals surface area contributed by atoms with Crippen molar-refractivity contribution in [2.24, 2.45) is 0 Å². The van der Waals surface area contributed by atoms with Gasteiger partial charge in [-0.3, -0.25) is 4.79 Å². The topological polar surface area (TPSA) is 73.9 Å². The minimum absolute atomic E-state index is 0.0738. The molecule has 0 spiro atoms. The molecule has 0 heterocycles. The molecule has 1 N–H and O–H groups in total. The van der Waals surface area contributed by atoms with Gasteiger partial charge in [-0.1, -0.05) is 41.5 Å². The highest BCUT2D eigenvalue weighted by atomic mass is 28.4. The van der Waals surface area contributed by atoms with E-state index >= 15 is 0 Å². The average Bonchev–Trinajstić information content (AvgIpc) is 2.38. The van der Waals surface area contributed by atoms with Gasteiger partial charge in [-0.25, -0.2) is 4.79 Å². The number of esters is 1. The summed E-state index contributed by atoms with van der Waals surface area (Å²) in [4.78, 5) is 23.3. The summed E-state index contributed by atoms with van der Waals surface area (Å²) in [6, 6.07) is 0. The quantitative estimate of drug-likeness (QED) is 0.398. The van der Waals surface area contributed by atoms with Gasteiger partial charge in [0.15, 0.2) is 6.79 Å². The van der Waals surface area contributed by atoms with E-state index in [1.165, 1.54) is 0 Å². The number of nitrogens with one attached hydrogen (secondary N) is 1. The van der Waals surface area contributed by atoms with Gasteiger partial charge in [0.2, 0.25) is 8.32 Å². The van der Waals surface area contributed by atoms with Crippen LogP contribution in [-0.4, -0.2) is 39.3 Å². The van der Waals surface area contributed by atoms with E-state index in [-0.39, 0.29) is 13.3 Å². The lowest BCUT2D eigenvalue weighted by molar-refractivity contribution is -0.149. The third-order valence-corrected chi connectivity index (χ3v) is 10.0. The Morgan fingerprint density at radius 2 is 1.42 bits per heavy atom. The standard InChI is InChI=1S/C17H35NO5Si/c1-12(2)24(13(3)4,14(5)6)22-11-21-15(19)10-18-16(20)23-17(7,8)9/h12-14H,10-11H2,1-9H3,(H,18,20). The van der Waals surface area contributed by atoms with E-state index < -0.39 is 26.0 Å². The molecule has 0 saturated heterocycles. The number of rotatable bonds is 8. The molecular formula is C17H35NO5Si. The number of alkyl carbamates (subject to hydrolysis) is 1. The molecule has 142 valence electrons. The molecule has 0 fully saturated rings. The first-order valence-corrected chi connectivity index (χ1v) is 10.7. The Balaban J connectivity index is 4.43. The van der Waals surface area contributed by atoms with E-state index in [0.717, 1.165) is 0 Å².